The number of rotatable bonds is 7. The molecule has 7 nitrogen and oxygen atoms in total. The average molecular weight is 430 g/mol. The Labute approximate surface area is 185 Å². The lowest BCUT2D eigenvalue weighted by atomic mass is 9.94. The molecule has 1 saturated carbocycles. The number of methoxy groups -OCH3 is 1. The Morgan fingerprint density at radius 2 is 1.65 bits per heavy atom. The van der Waals surface area contributed by atoms with E-state index in [9.17, 15) is 14.4 Å². The van der Waals surface area contributed by atoms with Gasteiger partial charge in [-0.05, 0) is 42.4 Å². The zero-order valence-corrected chi connectivity index (χ0v) is 18.9. The van der Waals surface area contributed by atoms with Gasteiger partial charge >= 0.3 is 5.97 Å². The fourth-order valence-electron chi connectivity index (χ4n) is 4.68. The van der Waals surface area contributed by atoms with E-state index in [1.165, 1.54) is 12.7 Å². The summed E-state index contributed by atoms with van der Waals surface area (Å²) in [6, 6.07) is 7.89. The van der Waals surface area contributed by atoms with Crippen molar-refractivity contribution in [3.05, 3.63) is 29.8 Å². The Bertz CT molecular complexity index is 764. The van der Waals surface area contributed by atoms with Crippen LogP contribution in [0.3, 0.4) is 0 Å². The normalized spacial score (nSPS) is 18.8. The van der Waals surface area contributed by atoms with E-state index in [1.807, 2.05) is 12.1 Å². The average Bonchev–Trinajstić information content (AvgIpc) is 3.28. The van der Waals surface area contributed by atoms with Crippen molar-refractivity contribution in [2.75, 3.05) is 38.6 Å². The van der Waals surface area contributed by atoms with Crippen molar-refractivity contribution in [2.45, 2.75) is 57.9 Å². The highest BCUT2D eigenvalue weighted by Gasteiger charge is 2.37. The van der Waals surface area contributed by atoms with Gasteiger partial charge in [-0.25, -0.2) is 0 Å². The number of hydrogen-bond donors (Lipinski definition) is 1. The minimum atomic E-state index is -0.515. The van der Waals surface area contributed by atoms with Gasteiger partial charge in [0, 0.05) is 31.9 Å². The number of piperazine rings is 1. The molecule has 0 aromatic heterocycles. The molecule has 7 heteroatoms. The van der Waals surface area contributed by atoms with E-state index in [-0.39, 0.29) is 24.3 Å². The summed E-state index contributed by atoms with van der Waals surface area (Å²) in [5.41, 5.74) is 2.07. The van der Waals surface area contributed by atoms with Crippen molar-refractivity contribution < 1.29 is 19.1 Å². The highest BCUT2D eigenvalue weighted by Crippen LogP contribution is 2.32. The minimum absolute atomic E-state index is 0.0403. The van der Waals surface area contributed by atoms with Gasteiger partial charge in [0.15, 0.2) is 0 Å². The maximum absolute atomic E-state index is 13.3. The molecule has 0 radical (unpaired) electrons. The molecule has 1 heterocycles. The van der Waals surface area contributed by atoms with Crippen molar-refractivity contribution in [1.82, 2.24) is 9.80 Å². The maximum atomic E-state index is 13.3. The quantitative estimate of drug-likeness (QED) is 0.532. The Morgan fingerprint density at radius 1 is 1.03 bits per heavy atom. The van der Waals surface area contributed by atoms with Gasteiger partial charge in [-0.2, -0.15) is 0 Å². The third kappa shape index (κ3) is 6.06. The van der Waals surface area contributed by atoms with Crippen LogP contribution >= 0.6 is 0 Å². The molecule has 1 saturated heterocycles. The lowest BCUT2D eigenvalue weighted by Gasteiger charge is -2.40. The van der Waals surface area contributed by atoms with Crippen LogP contribution in [-0.4, -0.2) is 66.9 Å². The van der Waals surface area contributed by atoms with Crippen LogP contribution in [0.4, 0.5) is 5.69 Å². The first-order valence-corrected chi connectivity index (χ1v) is 11.4. The predicted octanol–water partition coefficient (Wildman–Crippen LogP) is 3.01. The maximum Gasteiger partial charge on any atom is 0.315 e. The summed E-state index contributed by atoms with van der Waals surface area (Å²) in [4.78, 5) is 40.9. The second-order valence-corrected chi connectivity index (χ2v) is 8.92. The molecular weight excluding hydrogens is 394 g/mol. The van der Waals surface area contributed by atoms with Gasteiger partial charge in [0.25, 0.3) is 0 Å². The van der Waals surface area contributed by atoms with Crippen LogP contribution in [0, 0.1) is 5.92 Å². The highest BCUT2D eigenvalue weighted by atomic mass is 16.5. The van der Waals surface area contributed by atoms with Crippen LogP contribution < -0.4 is 5.32 Å². The van der Waals surface area contributed by atoms with Crippen molar-refractivity contribution in [3.8, 4) is 0 Å². The van der Waals surface area contributed by atoms with Gasteiger partial charge in [0.1, 0.15) is 6.42 Å². The number of amides is 2. The van der Waals surface area contributed by atoms with E-state index in [1.54, 1.807) is 4.90 Å². The van der Waals surface area contributed by atoms with Gasteiger partial charge in [0.2, 0.25) is 11.8 Å². The Morgan fingerprint density at radius 3 is 2.19 bits per heavy atom. The third-order valence-corrected chi connectivity index (χ3v) is 6.54. The third-order valence-electron chi connectivity index (χ3n) is 6.54. The summed E-state index contributed by atoms with van der Waals surface area (Å²) in [7, 11) is 1.29. The predicted molar refractivity (Wildman–Crippen MR) is 120 cm³/mol. The molecule has 31 heavy (non-hydrogen) atoms. The van der Waals surface area contributed by atoms with E-state index in [2.05, 4.69) is 40.9 Å². The monoisotopic (exact) mass is 429 g/mol. The largest absolute Gasteiger partial charge is 0.469 e. The second kappa shape index (κ2) is 10.8. The smallest absolute Gasteiger partial charge is 0.315 e. The highest BCUT2D eigenvalue weighted by molar-refractivity contribution is 5.95. The van der Waals surface area contributed by atoms with Crippen molar-refractivity contribution >= 4 is 23.5 Å². The number of nitrogens with one attached hydrogen (secondary N) is 1. The molecule has 1 aromatic carbocycles. The van der Waals surface area contributed by atoms with Crippen LogP contribution in [0.5, 0.6) is 0 Å². The molecule has 1 atom stereocenters. The summed E-state index contributed by atoms with van der Waals surface area (Å²) in [5, 5.41) is 3.13. The zero-order valence-electron chi connectivity index (χ0n) is 18.9. The van der Waals surface area contributed by atoms with E-state index in [0.29, 0.717) is 38.0 Å². The minimum Gasteiger partial charge on any atom is -0.469 e. The SMILES string of the molecule is COC(=O)CC(=O)N1CCN(C(C(=O)Nc2ccc(C(C)C)cc2)C2CCCC2)CC1. The van der Waals surface area contributed by atoms with Crippen LogP contribution in [0.15, 0.2) is 24.3 Å². The molecule has 2 fully saturated rings. The number of nitrogens with zero attached hydrogens (tertiary/aromatic N) is 2. The van der Waals surface area contributed by atoms with E-state index < -0.39 is 5.97 Å². The molecule has 1 aliphatic heterocycles. The summed E-state index contributed by atoms with van der Waals surface area (Å²) in [6.45, 7) is 6.62. The molecular formula is C24H35N3O4. The summed E-state index contributed by atoms with van der Waals surface area (Å²) in [6.07, 6.45) is 4.22. The fraction of sp³-hybridized carbons (Fsp3) is 0.625. The second-order valence-electron chi connectivity index (χ2n) is 8.92. The van der Waals surface area contributed by atoms with Crippen LogP contribution in [0.2, 0.25) is 0 Å². The number of benzene rings is 1. The Hall–Kier alpha value is -2.41. The van der Waals surface area contributed by atoms with Crippen molar-refractivity contribution in [2.24, 2.45) is 5.92 Å². The van der Waals surface area contributed by atoms with Gasteiger partial charge in [-0.3, -0.25) is 19.3 Å². The Kier molecular flexibility index (Phi) is 8.07. The first kappa shape index (κ1) is 23.3. The van der Waals surface area contributed by atoms with Gasteiger partial charge < -0.3 is 15.0 Å². The molecule has 1 N–H and O–H groups in total. The van der Waals surface area contributed by atoms with E-state index in [0.717, 1.165) is 31.4 Å². The number of carbonyl (C=O) groups excluding carboxylic acids is 3. The van der Waals surface area contributed by atoms with Gasteiger partial charge in [-0.15, -0.1) is 0 Å². The van der Waals surface area contributed by atoms with Crippen molar-refractivity contribution in [3.63, 3.8) is 0 Å². The molecule has 1 aliphatic carbocycles. The fourth-order valence-corrected chi connectivity index (χ4v) is 4.68. The first-order chi connectivity index (χ1) is 14.9. The Balaban J connectivity index is 1.64. The number of anilines is 1. The molecule has 0 spiro atoms. The van der Waals surface area contributed by atoms with Crippen LogP contribution in [0.1, 0.15) is 57.4 Å². The van der Waals surface area contributed by atoms with Crippen molar-refractivity contribution in [1.29, 1.82) is 0 Å². The molecule has 1 unspecified atom stereocenters. The van der Waals surface area contributed by atoms with E-state index in [4.69, 9.17) is 0 Å². The topological polar surface area (TPSA) is 79.0 Å². The first-order valence-electron chi connectivity index (χ1n) is 11.4. The molecule has 3 rings (SSSR count). The lowest BCUT2D eigenvalue weighted by molar-refractivity contribution is -0.147. The molecule has 2 amide bonds. The molecule has 2 aliphatic rings. The van der Waals surface area contributed by atoms with Crippen LogP contribution in [-0.2, 0) is 19.1 Å². The number of hydrogen-bond acceptors (Lipinski definition) is 5. The van der Waals surface area contributed by atoms with Gasteiger partial charge in [-0.1, -0.05) is 38.8 Å². The van der Waals surface area contributed by atoms with Gasteiger partial charge in [0.05, 0.1) is 13.2 Å². The lowest BCUT2D eigenvalue weighted by Crippen LogP contribution is -2.57. The summed E-state index contributed by atoms with van der Waals surface area (Å²) < 4.78 is 4.60. The molecule has 0 bridgehead atoms. The summed E-state index contributed by atoms with van der Waals surface area (Å²) in [5.74, 6) is 0.109. The molecule has 170 valence electrons. The summed E-state index contributed by atoms with van der Waals surface area (Å²) >= 11 is 0. The number of carbonyl (C=O) groups is 3. The molecule has 1 aromatic rings. The standard InChI is InChI=1S/C24H35N3O4/c1-17(2)18-8-10-20(11-9-18)25-24(30)23(19-6-4-5-7-19)27-14-12-26(13-15-27)21(28)16-22(29)31-3/h8-11,17,19,23H,4-7,12-16H2,1-3H3,(H,25,30). The zero-order chi connectivity index (χ0) is 22.4. The number of esters is 1. The van der Waals surface area contributed by atoms with E-state index >= 15 is 0 Å². The number of ether oxygens (including phenoxy) is 1. The van der Waals surface area contributed by atoms with Crippen LogP contribution in [0.25, 0.3) is 0 Å².